The Morgan fingerprint density at radius 3 is 1.84 bits per heavy atom. The topological polar surface area (TPSA) is 110 Å². The van der Waals surface area contributed by atoms with Crippen LogP contribution in [0.3, 0.4) is 0 Å². The predicted molar refractivity (Wildman–Crippen MR) is 108 cm³/mol. The number of carbonyl (C=O) groups is 2. The van der Waals surface area contributed by atoms with E-state index in [1.807, 2.05) is 0 Å². The lowest BCUT2D eigenvalue weighted by Gasteiger charge is -2.20. The Labute approximate surface area is 205 Å². The van der Waals surface area contributed by atoms with Crippen molar-refractivity contribution in [2.45, 2.75) is 17.2 Å². The molecule has 17 heteroatoms. The maximum atomic E-state index is 13.0. The van der Waals surface area contributed by atoms with Crippen LogP contribution in [0.2, 0.25) is 0 Å². The molecule has 3 aromatic carbocycles. The van der Waals surface area contributed by atoms with E-state index in [0.29, 0.717) is 0 Å². The summed E-state index contributed by atoms with van der Waals surface area (Å²) in [6, 6.07) is 6.94. The lowest BCUT2D eigenvalue weighted by atomic mass is 9.95. The van der Waals surface area contributed by atoms with Crippen LogP contribution in [0.5, 0.6) is 5.75 Å². The number of rotatable bonds is 5. The zero-order valence-electron chi connectivity index (χ0n) is 18.0. The van der Waals surface area contributed by atoms with Gasteiger partial charge in [0.05, 0.1) is 0 Å². The molecule has 0 radical (unpaired) electrons. The van der Waals surface area contributed by atoms with Crippen LogP contribution in [0.1, 0.15) is 20.7 Å². The maximum absolute atomic E-state index is 13.0. The van der Waals surface area contributed by atoms with Crippen LogP contribution < -0.4 is 10.1 Å². The van der Waals surface area contributed by atoms with Gasteiger partial charge in [-0.25, -0.2) is 30.7 Å². The van der Waals surface area contributed by atoms with Gasteiger partial charge in [0.2, 0.25) is 5.82 Å². The summed E-state index contributed by atoms with van der Waals surface area (Å²) in [6.45, 7) is -1.51. The molecule has 0 aliphatic carbocycles. The molecule has 0 saturated carbocycles. The fourth-order valence-corrected chi connectivity index (χ4v) is 3.80. The van der Waals surface area contributed by atoms with E-state index in [4.69, 9.17) is 9.29 Å². The molecule has 7 nitrogen and oxygen atoms in total. The van der Waals surface area contributed by atoms with E-state index in [1.165, 1.54) is 30.3 Å². The Morgan fingerprint density at radius 2 is 1.34 bits per heavy atom. The van der Waals surface area contributed by atoms with Gasteiger partial charge >= 0.3 is 22.5 Å². The summed E-state index contributed by atoms with van der Waals surface area (Å²) in [4.78, 5) is 21.4. The van der Waals surface area contributed by atoms with Crippen LogP contribution in [-0.4, -0.2) is 43.7 Å². The fraction of sp³-hybridized carbons (Fsp3) is 0.143. The van der Waals surface area contributed by atoms with Crippen molar-refractivity contribution in [3.63, 3.8) is 0 Å². The standard InChI is InChI=1S/C15H9F4NO3.C6HF5O3S/c16-14(17)15(18,19)6-23-10-5-4-9-11-7(10)2-1-3-8(11)12(21)20-13(9)22;7-1-2(8)4(10)6(15(12,13)14)5(11)3(1)9/h1-5,14H,6H2,(H,20,21,22);(H,12,13,14). The minimum atomic E-state index is -5.52. The van der Waals surface area contributed by atoms with E-state index in [0.717, 1.165) is 0 Å². The largest absolute Gasteiger partial charge is 0.486 e. The molecule has 4 rings (SSSR count). The first-order valence-electron chi connectivity index (χ1n) is 9.68. The van der Waals surface area contributed by atoms with Gasteiger partial charge in [-0.15, -0.1) is 0 Å². The molecule has 2 amide bonds. The highest BCUT2D eigenvalue weighted by molar-refractivity contribution is 7.85. The molecule has 0 unspecified atom stereocenters. The van der Waals surface area contributed by atoms with E-state index >= 15 is 0 Å². The van der Waals surface area contributed by atoms with Crippen molar-refractivity contribution in [3.8, 4) is 5.75 Å². The lowest BCUT2D eigenvalue weighted by Crippen LogP contribution is -2.35. The molecule has 0 aromatic heterocycles. The molecule has 0 spiro atoms. The average Bonchev–Trinajstić information content (AvgIpc) is 2.83. The van der Waals surface area contributed by atoms with Crippen LogP contribution in [0.15, 0.2) is 35.2 Å². The summed E-state index contributed by atoms with van der Waals surface area (Å²) in [6.07, 6.45) is -3.85. The number of hydrogen-bond acceptors (Lipinski definition) is 5. The van der Waals surface area contributed by atoms with Crippen LogP contribution >= 0.6 is 0 Å². The number of alkyl halides is 4. The third kappa shape index (κ3) is 5.24. The third-order valence-electron chi connectivity index (χ3n) is 4.88. The average molecular weight is 575 g/mol. The van der Waals surface area contributed by atoms with E-state index in [-0.39, 0.29) is 27.6 Å². The summed E-state index contributed by atoms with van der Waals surface area (Å²) in [5, 5.41) is 2.63. The molecule has 1 aliphatic rings. The van der Waals surface area contributed by atoms with Crippen LogP contribution in [-0.2, 0) is 10.1 Å². The first-order valence-corrected chi connectivity index (χ1v) is 11.1. The van der Waals surface area contributed by atoms with Gasteiger partial charge in [0, 0.05) is 21.9 Å². The Morgan fingerprint density at radius 1 is 0.842 bits per heavy atom. The zero-order valence-corrected chi connectivity index (χ0v) is 18.8. The van der Waals surface area contributed by atoms with Crippen molar-refractivity contribution in [1.82, 2.24) is 5.32 Å². The minimum Gasteiger partial charge on any atom is -0.486 e. The number of amides is 2. The van der Waals surface area contributed by atoms with Gasteiger partial charge in [0.25, 0.3) is 11.8 Å². The van der Waals surface area contributed by atoms with E-state index in [2.05, 4.69) is 5.32 Å². The van der Waals surface area contributed by atoms with Crippen molar-refractivity contribution < 1.29 is 66.8 Å². The number of nitrogens with one attached hydrogen (secondary N) is 1. The number of imide groups is 1. The molecule has 0 saturated heterocycles. The molecular weight excluding hydrogens is 565 g/mol. The number of ether oxygens (including phenoxy) is 1. The number of hydrogen-bond donors (Lipinski definition) is 2. The van der Waals surface area contributed by atoms with Crippen LogP contribution in [0.25, 0.3) is 10.8 Å². The second-order valence-electron chi connectivity index (χ2n) is 7.35. The normalized spacial score (nSPS) is 13.3. The summed E-state index contributed by atoms with van der Waals surface area (Å²) < 4.78 is 147. The van der Waals surface area contributed by atoms with Crippen molar-refractivity contribution >= 4 is 32.7 Å². The smallest absolute Gasteiger partial charge is 0.340 e. The molecule has 38 heavy (non-hydrogen) atoms. The molecule has 1 heterocycles. The van der Waals surface area contributed by atoms with E-state index in [9.17, 15) is 57.5 Å². The van der Waals surface area contributed by atoms with Gasteiger partial charge in [-0.2, -0.15) is 17.2 Å². The van der Waals surface area contributed by atoms with Crippen LogP contribution in [0, 0.1) is 29.1 Å². The Bertz CT molecular complexity index is 1530. The molecule has 204 valence electrons. The monoisotopic (exact) mass is 575 g/mol. The van der Waals surface area contributed by atoms with Gasteiger partial charge in [-0.05, 0) is 18.2 Å². The summed E-state index contributed by atoms with van der Waals surface area (Å²) in [5.41, 5.74) is 0.367. The molecule has 0 bridgehead atoms. The second kappa shape index (κ2) is 10.1. The number of halogens is 9. The second-order valence-corrected chi connectivity index (χ2v) is 8.71. The Hall–Kier alpha value is -3.86. The highest BCUT2D eigenvalue weighted by Crippen LogP contribution is 2.34. The highest BCUT2D eigenvalue weighted by Gasteiger charge is 2.42. The molecule has 1 aliphatic heterocycles. The first-order chi connectivity index (χ1) is 17.5. The van der Waals surface area contributed by atoms with Crippen LogP contribution in [0.4, 0.5) is 39.5 Å². The molecule has 2 N–H and O–H groups in total. The van der Waals surface area contributed by atoms with E-state index < -0.39 is 74.9 Å². The summed E-state index contributed by atoms with van der Waals surface area (Å²) >= 11 is 0. The van der Waals surface area contributed by atoms with Gasteiger partial charge in [-0.1, -0.05) is 12.1 Å². The van der Waals surface area contributed by atoms with Gasteiger partial charge in [0.1, 0.15) is 5.75 Å². The van der Waals surface area contributed by atoms with Gasteiger partial charge < -0.3 is 4.74 Å². The Balaban J connectivity index is 0.000000232. The van der Waals surface area contributed by atoms with Crippen molar-refractivity contribution in [2.24, 2.45) is 0 Å². The summed E-state index contributed by atoms with van der Waals surface area (Å²) in [5.74, 6) is -18.2. The molecule has 3 aromatic rings. The first kappa shape index (κ1) is 28.7. The quantitative estimate of drug-likeness (QED) is 0.151. The van der Waals surface area contributed by atoms with Crippen molar-refractivity contribution in [1.29, 1.82) is 0 Å². The van der Waals surface area contributed by atoms with Crippen molar-refractivity contribution in [3.05, 3.63) is 70.5 Å². The third-order valence-corrected chi connectivity index (χ3v) is 5.76. The molecule has 0 atom stereocenters. The SMILES string of the molecule is O=C1NC(=O)c2ccc(OCC(F)(F)C(F)F)c3cccc1c23.O=S(=O)(O)c1c(F)c(F)c(F)c(F)c1F. The van der Waals surface area contributed by atoms with Gasteiger partial charge in [0.15, 0.2) is 34.8 Å². The number of carbonyl (C=O) groups excluding carboxylic acids is 2. The fourth-order valence-electron chi connectivity index (χ4n) is 3.17. The van der Waals surface area contributed by atoms with Crippen molar-refractivity contribution in [2.75, 3.05) is 6.61 Å². The molecular formula is C21H10F9NO6S. The zero-order chi connectivity index (χ0) is 28.7. The Kier molecular flexibility index (Phi) is 7.65. The summed E-state index contributed by atoms with van der Waals surface area (Å²) in [7, 11) is -5.52. The number of benzene rings is 3. The highest BCUT2D eigenvalue weighted by atomic mass is 32.2. The molecule has 0 fully saturated rings. The maximum Gasteiger partial charge on any atom is 0.340 e. The predicted octanol–water partition coefficient (Wildman–Crippen LogP) is 4.63. The minimum absolute atomic E-state index is 0.103. The van der Waals surface area contributed by atoms with E-state index in [1.54, 1.807) is 0 Å². The van der Waals surface area contributed by atoms with Gasteiger partial charge in [-0.3, -0.25) is 19.5 Å². The lowest BCUT2D eigenvalue weighted by molar-refractivity contribution is -0.148.